The molecule has 142 valence electrons. The number of carbonyl (C=O) groups is 2. The van der Waals surface area contributed by atoms with Crippen molar-refractivity contribution in [3.8, 4) is 11.1 Å². The molecule has 0 saturated heterocycles. The lowest BCUT2D eigenvalue weighted by atomic mass is 9.97. The fraction of sp³-hybridized carbons (Fsp3) is 0.263. The Morgan fingerprint density at radius 3 is 1.96 bits per heavy atom. The maximum Gasteiger partial charge on any atom is 0.405 e. The number of carboxylic acid groups (broad SMARTS) is 1. The molecule has 1 aliphatic carbocycles. The van der Waals surface area contributed by atoms with Gasteiger partial charge in [0.05, 0.1) is 0 Å². The van der Waals surface area contributed by atoms with E-state index in [2.05, 4.69) is 0 Å². The summed E-state index contributed by atoms with van der Waals surface area (Å²) in [4.78, 5) is 23.2. The molecule has 3 rings (SSSR count). The first kappa shape index (κ1) is 18.9. The van der Waals surface area contributed by atoms with Gasteiger partial charge in [-0.2, -0.15) is 13.2 Å². The normalized spacial score (nSPS) is 15.6. The summed E-state index contributed by atoms with van der Waals surface area (Å²) in [5.74, 6) is -6.39. The second-order valence-corrected chi connectivity index (χ2v) is 6.24. The lowest BCUT2D eigenvalue weighted by molar-refractivity contribution is -0.185. The first-order valence-electron chi connectivity index (χ1n) is 8.11. The number of aliphatic carboxylic acids is 1. The molecule has 1 aliphatic rings. The van der Waals surface area contributed by atoms with Crippen LogP contribution >= 0.6 is 0 Å². The van der Waals surface area contributed by atoms with Crippen LogP contribution < -0.4 is 5.73 Å². The van der Waals surface area contributed by atoms with Gasteiger partial charge in [-0.1, -0.05) is 48.5 Å². The maximum atomic E-state index is 12.8. The highest BCUT2D eigenvalue weighted by molar-refractivity contribution is 5.95. The van der Waals surface area contributed by atoms with Gasteiger partial charge in [-0.05, 0) is 22.3 Å². The minimum Gasteiger partial charge on any atom is -0.481 e. The van der Waals surface area contributed by atoms with Crippen molar-refractivity contribution in [1.29, 1.82) is 0 Å². The zero-order chi connectivity index (χ0) is 19.8. The molecular weight excluding hydrogens is 363 g/mol. The van der Waals surface area contributed by atoms with Crippen LogP contribution in [-0.2, 0) is 14.3 Å². The van der Waals surface area contributed by atoms with Gasteiger partial charge in [-0.3, -0.25) is 9.59 Å². The Hall–Kier alpha value is -2.87. The third kappa shape index (κ3) is 3.52. The number of carboxylic acids is 1. The minimum atomic E-state index is -5.03. The van der Waals surface area contributed by atoms with E-state index in [-0.39, 0.29) is 6.61 Å². The Kier molecular flexibility index (Phi) is 4.93. The lowest BCUT2D eigenvalue weighted by Crippen LogP contribution is -2.50. The summed E-state index contributed by atoms with van der Waals surface area (Å²) in [5, 5.41) is 9.00. The molecule has 8 heteroatoms. The molecule has 0 saturated carbocycles. The van der Waals surface area contributed by atoms with Crippen molar-refractivity contribution in [1.82, 2.24) is 0 Å². The SMILES string of the molecule is NC([C@H](C(=O)O)C(=O)OCC1c2ccccc2-c2ccccc21)C(F)(F)F. The lowest BCUT2D eigenvalue weighted by Gasteiger charge is -2.22. The van der Waals surface area contributed by atoms with Gasteiger partial charge in [0.25, 0.3) is 0 Å². The van der Waals surface area contributed by atoms with E-state index in [4.69, 9.17) is 15.6 Å². The Bertz CT molecular complexity index is 836. The molecule has 1 unspecified atom stereocenters. The van der Waals surface area contributed by atoms with Gasteiger partial charge in [0.15, 0.2) is 5.92 Å². The predicted molar refractivity (Wildman–Crippen MR) is 89.8 cm³/mol. The average Bonchev–Trinajstić information content (AvgIpc) is 2.93. The zero-order valence-corrected chi connectivity index (χ0v) is 13.9. The van der Waals surface area contributed by atoms with Crippen LogP contribution in [0.3, 0.4) is 0 Å². The third-order valence-corrected chi connectivity index (χ3v) is 4.61. The number of benzene rings is 2. The second-order valence-electron chi connectivity index (χ2n) is 6.24. The van der Waals surface area contributed by atoms with Crippen LogP contribution in [0, 0.1) is 5.92 Å². The van der Waals surface area contributed by atoms with E-state index in [1.165, 1.54) is 0 Å². The van der Waals surface area contributed by atoms with Crippen molar-refractivity contribution in [2.24, 2.45) is 11.7 Å². The highest BCUT2D eigenvalue weighted by atomic mass is 19.4. The largest absolute Gasteiger partial charge is 0.481 e. The van der Waals surface area contributed by atoms with Gasteiger partial charge in [0, 0.05) is 5.92 Å². The molecular formula is C19H16F3NO4. The van der Waals surface area contributed by atoms with Crippen LogP contribution in [0.15, 0.2) is 48.5 Å². The van der Waals surface area contributed by atoms with Crippen LogP contribution in [0.5, 0.6) is 0 Å². The van der Waals surface area contributed by atoms with E-state index in [1.54, 1.807) is 12.1 Å². The maximum absolute atomic E-state index is 12.8. The highest BCUT2D eigenvalue weighted by Crippen LogP contribution is 2.44. The monoisotopic (exact) mass is 379 g/mol. The average molecular weight is 379 g/mol. The Labute approximate surface area is 152 Å². The van der Waals surface area contributed by atoms with Crippen molar-refractivity contribution in [2.45, 2.75) is 18.1 Å². The van der Waals surface area contributed by atoms with Crippen molar-refractivity contribution in [3.63, 3.8) is 0 Å². The molecule has 0 fully saturated rings. The molecule has 2 aromatic rings. The number of alkyl halides is 3. The molecule has 0 amide bonds. The molecule has 0 radical (unpaired) electrons. The molecule has 0 bridgehead atoms. The van der Waals surface area contributed by atoms with Gasteiger partial charge < -0.3 is 15.6 Å². The summed E-state index contributed by atoms with van der Waals surface area (Å²) in [6.07, 6.45) is -5.03. The Balaban J connectivity index is 1.82. The summed E-state index contributed by atoms with van der Waals surface area (Å²) < 4.78 is 43.3. The fourth-order valence-electron chi connectivity index (χ4n) is 3.28. The molecule has 0 heterocycles. The molecule has 0 spiro atoms. The van der Waals surface area contributed by atoms with E-state index >= 15 is 0 Å². The summed E-state index contributed by atoms with van der Waals surface area (Å²) in [5.41, 5.74) is 8.53. The number of fused-ring (bicyclic) bond motifs is 3. The van der Waals surface area contributed by atoms with E-state index < -0.39 is 36.0 Å². The zero-order valence-electron chi connectivity index (χ0n) is 13.9. The van der Waals surface area contributed by atoms with Crippen molar-refractivity contribution >= 4 is 11.9 Å². The molecule has 27 heavy (non-hydrogen) atoms. The Morgan fingerprint density at radius 1 is 1.04 bits per heavy atom. The summed E-state index contributed by atoms with van der Waals surface area (Å²) in [6, 6.07) is 11.9. The molecule has 3 N–H and O–H groups in total. The number of hydrogen-bond donors (Lipinski definition) is 2. The standard InChI is InChI=1S/C19H16F3NO4/c20-19(21,22)16(23)15(17(24)25)18(26)27-9-14-12-7-3-1-5-10(12)11-6-2-4-8-13(11)14/h1-8,14-16H,9,23H2,(H,24,25)/t15-,16?/m1/s1. The van der Waals surface area contributed by atoms with Gasteiger partial charge in [0.1, 0.15) is 12.6 Å². The van der Waals surface area contributed by atoms with E-state index in [1.807, 2.05) is 36.4 Å². The van der Waals surface area contributed by atoms with Crippen LogP contribution in [0.25, 0.3) is 11.1 Å². The van der Waals surface area contributed by atoms with Crippen molar-refractivity contribution < 1.29 is 32.6 Å². The van der Waals surface area contributed by atoms with Crippen molar-refractivity contribution in [3.05, 3.63) is 59.7 Å². The number of hydrogen-bond acceptors (Lipinski definition) is 4. The van der Waals surface area contributed by atoms with Gasteiger partial charge >= 0.3 is 18.1 Å². The van der Waals surface area contributed by atoms with Gasteiger partial charge in [0.2, 0.25) is 0 Å². The summed E-state index contributed by atoms with van der Waals surface area (Å²) in [6.45, 7) is -0.277. The fourth-order valence-corrected chi connectivity index (χ4v) is 3.28. The number of rotatable bonds is 5. The van der Waals surface area contributed by atoms with E-state index in [0.717, 1.165) is 22.3 Å². The van der Waals surface area contributed by atoms with E-state index in [0.29, 0.717) is 0 Å². The van der Waals surface area contributed by atoms with Crippen LogP contribution in [-0.4, -0.2) is 35.9 Å². The molecule has 2 aromatic carbocycles. The number of carbonyl (C=O) groups excluding carboxylic acids is 1. The third-order valence-electron chi connectivity index (χ3n) is 4.61. The summed E-state index contributed by atoms with van der Waals surface area (Å²) >= 11 is 0. The number of nitrogens with two attached hydrogens (primary N) is 1. The Morgan fingerprint density at radius 2 is 1.52 bits per heavy atom. The summed E-state index contributed by atoms with van der Waals surface area (Å²) in [7, 11) is 0. The van der Waals surface area contributed by atoms with Crippen LogP contribution in [0.2, 0.25) is 0 Å². The van der Waals surface area contributed by atoms with Gasteiger partial charge in [-0.15, -0.1) is 0 Å². The quantitative estimate of drug-likeness (QED) is 0.616. The van der Waals surface area contributed by atoms with Gasteiger partial charge in [-0.25, -0.2) is 0 Å². The molecule has 5 nitrogen and oxygen atoms in total. The predicted octanol–water partition coefficient (Wildman–Crippen LogP) is 2.93. The molecule has 0 aliphatic heterocycles. The minimum absolute atomic E-state index is 0.277. The topological polar surface area (TPSA) is 89.6 Å². The van der Waals surface area contributed by atoms with Crippen LogP contribution in [0.4, 0.5) is 13.2 Å². The van der Waals surface area contributed by atoms with E-state index in [9.17, 15) is 22.8 Å². The first-order valence-corrected chi connectivity index (χ1v) is 8.11. The first-order chi connectivity index (χ1) is 12.7. The number of ether oxygens (including phenoxy) is 1. The number of esters is 1. The molecule has 2 atom stereocenters. The van der Waals surface area contributed by atoms with Crippen LogP contribution in [0.1, 0.15) is 17.0 Å². The smallest absolute Gasteiger partial charge is 0.405 e. The second kappa shape index (κ2) is 7.03. The highest BCUT2D eigenvalue weighted by Gasteiger charge is 2.49. The number of halogens is 3. The van der Waals surface area contributed by atoms with Crippen molar-refractivity contribution in [2.75, 3.05) is 6.61 Å². The molecule has 0 aromatic heterocycles.